The number of hydrogen-bond donors (Lipinski definition) is 2. The zero-order valence-corrected chi connectivity index (χ0v) is 17.6. The topological polar surface area (TPSA) is 118 Å². The Kier molecular flexibility index (Phi) is 6.15. The van der Waals surface area contributed by atoms with E-state index in [1.165, 1.54) is 0 Å². The van der Waals surface area contributed by atoms with E-state index in [1.807, 2.05) is 53.1 Å². The van der Waals surface area contributed by atoms with E-state index in [0.717, 1.165) is 39.1 Å². The number of halogens is 3. The lowest BCUT2D eigenvalue weighted by Crippen LogP contribution is -2.21. The molecule has 2 aromatic carbocycles. The number of rotatable bonds is 3. The van der Waals surface area contributed by atoms with Gasteiger partial charge in [-0.25, -0.2) is 9.59 Å². The van der Waals surface area contributed by atoms with Crippen LogP contribution in [-0.2, 0) is 4.79 Å². The van der Waals surface area contributed by atoms with Gasteiger partial charge in [0, 0.05) is 23.3 Å². The average Bonchev–Trinajstić information content (AvgIpc) is 3.26. The lowest BCUT2D eigenvalue weighted by molar-refractivity contribution is -0.192. The summed E-state index contributed by atoms with van der Waals surface area (Å²) in [7, 11) is 0. The van der Waals surface area contributed by atoms with Crippen molar-refractivity contribution < 1.29 is 33.0 Å². The second-order valence-electron chi connectivity index (χ2n) is 7.23. The minimum Gasteiger partial charge on any atom is -0.478 e. The van der Waals surface area contributed by atoms with Crippen LogP contribution >= 0.6 is 0 Å². The van der Waals surface area contributed by atoms with Gasteiger partial charge >= 0.3 is 18.1 Å². The maximum absolute atomic E-state index is 11.0. The molecule has 3 aromatic heterocycles. The third-order valence-electron chi connectivity index (χ3n) is 5.01. The summed E-state index contributed by atoms with van der Waals surface area (Å²) in [5.41, 5.74) is 4.73. The molecule has 0 amide bonds. The fraction of sp³-hybridized carbons (Fsp3) is 0.0417. The molecule has 0 bridgehead atoms. The molecule has 0 aliphatic heterocycles. The molecule has 11 heteroatoms. The van der Waals surface area contributed by atoms with Crippen molar-refractivity contribution in [3.8, 4) is 22.5 Å². The second-order valence-corrected chi connectivity index (χ2v) is 7.23. The number of fused-ring (bicyclic) bond motifs is 2. The fourth-order valence-corrected chi connectivity index (χ4v) is 3.35. The lowest BCUT2D eigenvalue weighted by atomic mass is 10.0. The Morgan fingerprint density at radius 2 is 1.54 bits per heavy atom. The summed E-state index contributed by atoms with van der Waals surface area (Å²) in [4.78, 5) is 24.3. The Morgan fingerprint density at radius 3 is 2.20 bits per heavy atom. The molecule has 0 unspecified atom stereocenters. The van der Waals surface area contributed by atoms with Crippen molar-refractivity contribution >= 4 is 28.5 Å². The monoisotopic (exact) mass is 480 g/mol. The number of aromatic carboxylic acids is 1. The van der Waals surface area contributed by atoms with Gasteiger partial charge in [0.25, 0.3) is 0 Å². The number of carbonyl (C=O) groups is 2. The molecule has 0 radical (unpaired) electrons. The van der Waals surface area contributed by atoms with Gasteiger partial charge in [-0.1, -0.05) is 30.3 Å². The van der Waals surface area contributed by atoms with Crippen molar-refractivity contribution in [3.05, 3.63) is 84.7 Å². The zero-order valence-electron chi connectivity index (χ0n) is 17.6. The van der Waals surface area contributed by atoms with E-state index >= 15 is 0 Å². The third-order valence-corrected chi connectivity index (χ3v) is 5.01. The lowest BCUT2D eigenvalue weighted by Gasteiger charge is -2.06. The number of alkyl halides is 3. The SMILES string of the molecule is O=C(O)C(F)(F)F.O=C(O)c1ccc(-c2ccn3c(-c4ccnc5ccccc45)nnc3c2)cc1. The highest BCUT2D eigenvalue weighted by molar-refractivity contribution is 5.93. The molecule has 5 aromatic rings. The Morgan fingerprint density at radius 1 is 0.857 bits per heavy atom. The van der Waals surface area contributed by atoms with Crippen molar-refractivity contribution in [3.63, 3.8) is 0 Å². The van der Waals surface area contributed by atoms with Crippen LogP contribution in [0.3, 0.4) is 0 Å². The summed E-state index contributed by atoms with van der Waals surface area (Å²) < 4.78 is 33.7. The number of carboxylic acids is 2. The molecule has 0 atom stereocenters. The first-order chi connectivity index (χ1) is 16.6. The van der Waals surface area contributed by atoms with E-state index in [4.69, 9.17) is 15.0 Å². The standard InChI is InChI=1S/C22H14N4O2.C2HF3O2/c27-22(28)15-7-5-14(6-8-15)16-10-12-26-20(13-16)24-25-21(26)18-9-11-23-19-4-2-1-3-17(18)19;3-2(4,5)1(6)7/h1-13H,(H,27,28);(H,6,7). The normalized spacial score (nSPS) is 11.2. The number of pyridine rings is 2. The van der Waals surface area contributed by atoms with Crippen molar-refractivity contribution in [2.45, 2.75) is 6.18 Å². The summed E-state index contributed by atoms with van der Waals surface area (Å²) in [5, 5.41) is 25.9. The minimum atomic E-state index is -5.08. The Bertz CT molecular complexity index is 1540. The fourth-order valence-electron chi connectivity index (χ4n) is 3.35. The maximum atomic E-state index is 11.0. The Hall–Kier alpha value is -4.80. The molecule has 0 aliphatic rings. The largest absolute Gasteiger partial charge is 0.490 e. The van der Waals surface area contributed by atoms with E-state index in [2.05, 4.69) is 15.2 Å². The van der Waals surface area contributed by atoms with Gasteiger partial charge in [-0.2, -0.15) is 13.2 Å². The highest BCUT2D eigenvalue weighted by atomic mass is 19.4. The third kappa shape index (κ3) is 4.93. The van der Waals surface area contributed by atoms with Gasteiger partial charge in [0.05, 0.1) is 11.1 Å². The van der Waals surface area contributed by atoms with Crippen molar-refractivity contribution in [2.75, 3.05) is 0 Å². The number of benzene rings is 2. The van der Waals surface area contributed by atoms with Crippen molar-refractivity contribution in [1.29, 1.82) is 0 Å². The first-order valence-electron chi connectivity index (χ1n) is 9.98. The Balaban J connectivity index is 0.000000364. The van der Waals surface area contributed by atoms with Crippen LogP contribution in [0.4, 0.5) is 13.2 Å². The second kappa shape index (κ2) is 9.21. The number of para-hydroxylation sites is 1. The van der Waals surface area contributed by atoms with Gasteiger partial charge in [0.1, 0.15) is 0 Å². The van der Waals surface area contributed by atoms with Crippen LogP contribution in [0.15, 0.2) is 79.1 Å². The summed E-state index contributed by atoms with van der Waals surface area (Å²) in [6.45, 7) is 0. The molecule has 176 valence electrons. The van der Waals surface area contributed by atoms with Crippen LogP contribution in [0.2, 0.25) is 0 Å². The maximum Gasteiger partial charge on any atom is 0.490 e. The molecule has 3 heterocycles. The van der Waals surface area contributed by atoms with E-state index in [9.17, 15) is 18.0 Å². The molecule has 0 aliphatic carbocycles. The highest BCUT2D eigenvalue weighted by Gasteiger charge is 2.38. The van der Waals surface area contributed by atoms with Gasteiger partial charge in [0.15, 0.2) is 11.5 Å². The number of aliphatic carboxylic acids is 1. The van der Waals surface area contributed by atoms with Crippen LogP contribution in [0.5, 0.6) is 0 Å². The van der Waals surface area contributed by atoms with E-state index in [-0.39, 0.29) is 5.56 Å². The van der Waals surface area contributed by atoms with E-state index in [1.54, 1.807) is 30.5 Å². The molecular formula is C24H15F3N4O4. The van der Waals surface area contributed by atoms with Crippen LogP contribution in [-0.4, -0.2) is 47.9 Å². The molecular weight excluding hydrogens is 465 g/mol. The molecule has 35 heavy (non-hydrogen) atoms. The average molecular weight is 480 g/mol. The Labute approximate surface area is 194 Å². The van der Waals surface area contributed by atoms with Gasteiger partial charge in [-0.15, -0.1) is 10.2 Å². The number of hydrogen-bond acceptors (Lipinski definition) is 5. The highest BCUT2D eigenvalue weighted by Crippen LogP contribution is 2.28. The minimum absolute atomic E-state index is 0.263. The van der Waals surface area contributed by atoms with Crippen molar-refractivity contribution in [2.24, 2.45) is 0 Å². The molecule has 0 fully saturated rings. The molecule has 0 saturated heterocycles. The zero-order chi connectivity index (χ0) is 25.2. The summed E-state index contributed by atoms with van der Waals surface area (Å²) >= 11 is 0. The van der Waals surface area contributed by atoms with Gasteiger partial charge in [-0.3, -0.25) is 9.38 Å². The molecule has 0 saturated carbocycles. The smallest absolute Gasteiger partial charge is 0.478 e. The summed E-state index contributed by atoms with van der Waals surface area (Å²) in [6, 6.07) is 20.6. The van der Waals surface area contributed by atoms with E-state index in [0.29, 0.717) is 0 Å². The summed E-state index contributed by atoms with van der Waals surface area (Å²) in [6.07, 6.45) is -1.38. The number of carboxylic acid groups (broad SMARTS) is 2. The quantitative estimate of drug-likeness (QED) is 0.375. The molecule has 8 nitrogen and oxygen atoms in total. The van der Waals surface area contributed by atoms with Crippen LogP contribution < -0.4 is 0 Å². The molecule has 2 N–H and O–H groups in total. The number of nitrogens with zero attached hydrogens (tertiary/aromatic N) is 4. The van der Waals surface area contributed by atoms with Gasteiger partial charge in [0.2, 0.25) is 0 Å². The van der Waals surface area contributed by atoms with Crippen LogP contribution in [0.25, 0.3) is 39.1 Å². The van der Waals surface area contributed by atoms with Crippen LogP contribution in [0, 0.1) is 0 Å². The van der Waals surface area contributed by atoms with E-state index < -0.39 is 18.1 Å². The van der Waals surface area contributed by atoms with Crippen molar-refractivity contribution in [1.82, 2.24) is 19.6 Å². The summed E-state index contributed by atoms with van der Waals surface area (Å²) in [5.74, 6) is -2.94. The number of aromatic nitrogens is 4. The first kappa shape index (κ1) is 23.4. The van der Waals surface area contributed by atoms with Gasteiger partial charge < -0.3 is 10.2 Å². The molecule has 0 spiro atoms. The predicted octanol–water partition coefficient (Wildman–Crippen LogP) is 4.94. The molecule has 5 rings (SSSR count). The predicted molar refractivity (Wildman–Crippen MR) is 120 cm³/mol. The first-order valence-corrected chi connectivity index (χ1v) is 9.98. The van der Waals surface area contributed by atoms with Crippen LogP contribution in [0.1, 0.15) is 10.4 Å². The van der Waals surface area contributed by atoms with Gasteiger partial charge in [-0.05, 0) is 47.5 Å².